The number of hydrogen-bond acceptors (Lipinski definition) is 6. The average Bonchev–Trinajstić information content (AvgIpc) is 2.78. The predicted octanol–water partition coefficient (Wildman–Crippen LogP) is 1.28. The number of aliphatic hydroxyl groups excluding tert-OH is 1. The molecule has 1 atom stereocenters. The van der Waals surface area contributed by atoms with Gasteiger partial charge >= 0.3 is 5.97 Å². The smallest absolute Gasteiger partial charge is 0.357 e. The summed E-state index contributed by atoms with van der Waals surface area (Å²) in [6.07, 6.45) is 1.50. The fourth-order valence-corrected chi connectivity index (χ4v) is 2.67. The van der Waals surface area contributed by atoms with Gasteiger partial charge in [-0.05, 0) is 19.8 Å². The minimum absolute atomic E-state index is 0.293. The SMILES string of the molecule is CCOC(=O)c1csc(N2CCC[C@H](O)C2)n1. The van der Waals surface area contributed by atoms with Crippen LogP contribution in [0.5, 0.6) is 0 Å². The van der Waals surface area contributed by atoms with Crippen LogP contribution in [0.4, 0.5) is 5.13 Å². The maximum atomic E-state index is 11.5. The van der Waals surface area contributed by atoms with Gasteiger partial charge < -0.3 is 14.7 Å². The second-order valence-electron chi connectivity index (χ2n) is 3.98. The van der Waals surface area contributed by atoms with Crippen molar-refractivity contribution in [3.63, 3.8) is 0 Å². The lowest BCUT2D eigenvalue weighted by atomic mass is 10.1. The first-order chi connectivity index (χ1) is 8.20. The van der Waals surface area contributed by atoms with Crippen molar-refractivity contribution in [1.82, 2.24) is 4.98 Å². The number of piperidine rings is 1. The second kappa shape index (κ2) is 5.46. The topological polar surface area (TPSA) is 62.7 Å². The zero-order chi connectivity index (χ0) is 12.3. The van der Waals surface area contributed by atoms with Gasteiger partial charge in [-0.15, -0.1) is 11.3 Å². The molecule has 6 heteroatoms. The quantitative estimate of drug-likeness (QED) is 0.825. The standard InChI is InChI=1S/C11H16N2O3S/c1-2-16-10(15)9-7-17-11(12-9)13-5-3-4-8(14)6-13/h7-8,14H,2-6H2,1H3/t8-/m0/s1. The Balaban J connectivity index is 2.04. The van der Waals surface area contributed by atoms with E-state index in [0.29, 0.717) is 18.8 Å². The third kappa shape index (κ3) is 2.95. The molecule has 2 heterocycles. The van der Waals surface area contributed by atoms with Crippen molar-refractivity contribution in [3.8, 4) is 0 Å². The molecule has 0 aromatic carbocycles. The van der Waals surface area contributed by atoms with E-state index in [-0.39, 0.29) is 12.1 Å². The van der Waals surface area contributed by atoms with E-state index in [4.69, 9.17) is 4.74 Å². The lowest BCUT2D eigenvalue weighted by Crippen LogP contribution is -2.38. The van der Waals surface area contributed by atoms with E-state index < -0.39 is 0 Å². The van der Waals surface area contributed by atoms with Crippen molar-refractivity contribution in [2.45, 2.75) is 25.9 Å². The maximum absolute atomic E-state index is 11.5. The van der Waals surface area contributed by atoms with Crippen LogP contribution in [0.1, 0.15) is 30.3 Å². The summed E-state index contributed by atoms with van der Waals surface area (Å²) in [7, 11) is 0. The summed E-state index contributed by atoms with van der Waals surface area (Å²) >= 11 is 1.42. The van der Waals surface area contributed by atoms with Crippen molar-refractivity contribution in [2.24, 2.45) is 0 Å². The van der Waals surface area contributed by atoms with Crippen molar-refractivity contribution in [2.75, 3.05) is 24.6 Å². The average molecular weight is 256 g/mol. The molecule has 0 saturated carbocycles. The number of aromatic nitrogens is 1. The highest BCUT2D eigenvalue weighted by molar-refractivity contribution is 7.13. The van der Waals surface area contributed by atoms with Gasteiger partial charge in [-0.25, -0.2) is 9.78 Å². The number of esters is 1. The molecule has 1 saturated heterocycles. The van der Waals surface area contributed by atoms with Gasteiger partial charge in [0.05, 0.1) is 12.7 Å². The molecule has 1 fully saturated rings. The molecule has 17 heavy (non-hydrogen) atoms. The van der Waals surface area contributed by atoms with Crippen LogP contribution in [0, 0.1) is 0 Å². The Morgan fingerprint density at radius 1 is 1.76 bits per heavy atom. The first-order valence-corrected chi connectivity index (χ1v) is 6.64. The molecule has 1 aromatic heterocycles. The van der Waals surface area contributed by atoms with E-state index in [1.54, 1.807) is 12.3 Å². The van der Waals surface area contributed by atoms with Gasteiger partial charge in [-0.1, -0.05) is 0 Å². The van der Waals surface area contributed by atoms with Gasteiger partial charge in [-0.3, -0.25) is 0 Å². The summed E-state index contributed by atoms with van der Waals surface area (Å²) in [5, 5.41) is 12.1. The highest BCUT2D eigenvalue weighted by atomic mass is 32.1. The third-order valence-electron chi connectivity index (χ3n) is 2.64. The molecule has 0 aliphatic carbocycles. The second-order valence-corrected chi connectivity index (χ2v) is 4.81. The number of hydrogen-bond donors (Lipinski definition) is 1. The number of aliphatic hydroxyl groups is 1. The molecule has 0 radical (unpaired) electrons. The van der Waals surface area contributed by atoms with E-state index >= 15 is 0 Å². The van der Waals surface area contributed by atoms with Gasteiger partial charge in [-0.2, -0.15) is 0 Å². The number of nitrogens with zero attached hydrogens (tertiary/aromatic N) is 2. The number of carbonyl (C=O) groups excluding carboxylic acids is 1. The van der Waals surface area contributed by atoms with E-state index in [2.05, 4.69) is 4.98 Å². The van der Waals surface area contributed by atoms with Crippen LogP contribution in [0.25, 0.3) is 0 Å². The van der Waals surface area contributed by atoms with Gasteiger partial charge in [0.1, 0.15) is 0 Å². The monoisotopic (exact) mass is 256 g/mol. The van der Waals surface area contributed by atoms with Crippen LogP contribution in [0.3, 0.4) is 0 Å². The first-order valence-electron chi connectivity index (χ1n) is 5.76. The summed E-state index contributed by atoms with van der Waals surface area (Å²) in [6.45, 7) is 3.60. The van der Waals surface area contributed by atoms with Gasteiger partial charge in [0.2, 0.25) is 0 Å². The number of rotatable bonds is 3. The van der Waals surface area contributed by atoms with Crippen molar-refractivity contribution in [3.05, 3.63) is 11.1 Å². The molecule has 1 aliphatic rings. The molecule has 0 amide bonds. The number of thiazole rings is 1. The molecule has 0 spiro atoms. The molecule has 94 valence electrons. The summed E-state index contributed by atoms with van der Waals surface area (Å²) in [5.74, 6) is -0.382. The summed E-state index contributed by atoms with van der Waals surface area (Å²) in [6, 6.07) is 0. The minimum Gasteiger partial charge on any atom is -0.461 e. The van der Waals surface area contributed by atoms with Crippen LogP contribution in [0.15, 0.2) is 5.38 Å². The Hall–Kier alpha value is -1.14. The molecule has 1 N–H and O–H groups in total. The van der Waals surface area contributed by atoms with Gasteiger partial charge in [0.15, 0.2) is 10.8 Å². The molecule has 5 nitrogen and oxygen atoms in total. The summed E-state index contributed by atoms with van der Waals surface area (Å²) < 4.78 is 4.89. The van der Waals surface area contributed by atoms with Crippen molar-refractivity contribution in [1.29, 1.82) is 0 Å². The number of ether oxygens (including phenoxy) is 1. The predicted molar refractivity (Wildman–Crippen MR) is 65.5 cm³/mol. The molecular formula is C11H16N2O3S. The zero-order valence-corrected chi connectivity index (χ0v) is 10.6. The van der Waals surface area contributed by atoms with E-state index in [9.17, 15) is 9.90 Å². The normalized spacial score (nSPS) is 20.4. The Morgan fingerprint density at radius 3 is 3.29 bits per heavy atom. The largest absolute Gasteiger partial charge is 0.461 e. The minimum atomic E-state index is -0.382. The zero-order valence-electron chi connectivity index (χ0n) is 9.76. The summed E-state index contributed by atoms with van der Waals surface area (Å²) in [4.78, 5) is 17.7. The highest BCUT2D eigenvalue weighted by Gasteiger charge is 2.21. The molecule has 0 unspecified atom stereocenters. The molecule has 0 bridgehead atoms. The molecule has 1 aliphatic heterocycles. The van der Waals surface area contributed by atoms with Crippen LogP contribution in [0.2, 0.25) is 0 Å². The number of anilines is 1. The van der Waals surface area contributed by atoms with Gasteiger partial charge in [0, 0.05) is 18.5 Å². The fourth-order valence-electron chi connectivity index (χ4n) is 1.84. The lowest BCUT2D eigenvalue weighted by molar-refractivity contribution is 0.0520. The molecule has 2 rings (SSSR count). The van der Waals surface area contributed by atoms with Crippen LogP contribution in [-0.4, -0.2) is 41.9 Å². The first kappa shape index (κ1) is 12.3. The van der Waals surface area contributed by atoms with Crippen LogP contribution < -0.4 is 4.90 Å². The van der Waals surface area contributed by atoms with E-state index in [0.717, 1.165) is 24.5 Å². The Kier molecular flexibility index (Phi) is 3.96. The van der Waals surface area contributed by atoms with Crippen molar-refractivity contribution < 1.29 is 14.6 Å². The maximum Gasteiger partial charge on any atom is 0.357 e. The number of β-amino-alcohol motifs (C(OH)–C–C–N with tert-alkyl or cyclic N) is 1. The van der Waals surface area contributed by atoms with Crippen molar-refractivity contribution >= 4 is 22.4 Å². The Labute approximate surface area is 104 Å². The Morgan fingerprint density at radius 2 is 2.59 bits per heavy atom. The Bertz CT molecular complexity index is 394. The third-order valence-corrected chi connectivity index (χ3v) is 3.55. The van der Waals surface area contributed by atoms with Crippen LogP contribution in [-0.2, 0) is 4.74 Å². The van der Waals surface area contributed by atoms with E-state index in [1.807, 2.05) is 4.90 Å². The summed E-state index contributed by atoms with van der Waals surface area (Å²) in [5.41, 5.74) is 0.354. The van der Waals surface area contributed by atoms with Crippen LogP contribution >= 0.6 is 11.3 Å². The highest BCUT2D eigenvalue weighted by Crippen LogP contribution is 2.24. The van der Waals surface area contributed by atoms with Gasteiger partial charge in [0.25, 0.3) is 0 Å². The fraction of sp³-hybridized carbons (Fsp3) is 0.636. The number of carbonyl (C=O) groups is 1. The van der Waals surface area contributed by atoms with E-state index in [1.165, 1.54) is 11.3 Å². The lowest BCUT2D eigenvalue weighted by Gasteiger charge is -2.29. The molecular weight excluding hydrogens is 240 g/mol. The molecule has 1 aromatic rings.